The summed E-state index contributed by atoms with van der Waals surface area (Å²) in [5.41, 5.74) is 1.45. The van der Waals surface area contributed by atoms with Gasteiger partial charge in [0.15, 0.2) is 5.39 Å². The van der Waals surface area contributed by atoms with Gasteiger partial charge in [0, 0.05) is 12.1 Å². The molecule has 2 aromatic carbocycles. The third-order valence-electron chi connectivity index (χ3n) is 4.40. The van der Waals surface area contributed by atoms with Crippen LogP contribution in [0, 0.1) is 6.92 Å². The number of nitrogens with zero attached hydrogens (tertiary/aromatic N) is 2. The number of hydrogen-bond acceptors (Lipinski definition) is 4. The van der Waals surface area contributed by atoms with E-state index < -0.39 is 5.56 Å². The average Bonchev–Trinajstić information content (AvgIpc) is 2.64. The topological polar surface area (TPSA) is 65.1 Å². The summed E-state index contributed by atoms with van der Waals surface area (Å²) in [7, 11) is 0. The van der Waals surface area contributed by atoms with Crippen molar-refractivity contribution in [1.29, 1.82) is 0 Å². The zero-order valence-electron chi connectivity index (χ0n) is 14.2. The number of hydrogen-bond donors (Lipinski definition) is 0. The Hall–Kier alpha value is -3.47. The highest BCUT2D eigenvalue weighted by Gasteiger charge is 2.18. The van der Waals surface area contributed by atoms with Gasteiger partial charge in [0.05, 0.1) is 5.39 Å². The van der Waals surface area contributed by atoms with Gasteiger partial charge in [-0.3, -0.25) is 14.2 Å². The van der Waals surface area contributed by atoms with Crippen LogP contribution in [-0.4, -0.2) is 9.55 Å². The van der Waals surface area contributed by atoms with Gasteiger partial charge in [-0.05, 0) is 24.6 Å². The third kappa shape index (κ3) is 2.37. The van der Waals surface area contributed by atoms with Gasteiger partial charge in [-0.2, -0.15) is 4.98 Å². The minimum atomic E-state index is -0.423. The van der Waals surface area contributed by atoms with Crippen molar-refractivity contribution in [1.82, 2.24) is 9.55 Å². The van der Waals surface area contributed by atoms with Gasteiger partial charge in [0.2, 0.25) is 11.1 Å². The molecule has 0 radical (unpaired) electrons. The molecule has 0 N–H and O–H groups in total. The van der Waals surface area contributed by atoms with E-state index in [1.807, 2.05) is 31.2 Å². The number of para-hydroxylation sites is 1. The molecule has 2 aromatic heterocycles. The molecule has 0 atom stereocenters. The van der Waals surface area contributed by atoms with Crippen LogP contribution in [0.4, 0.5) is 0 Å². The van der Waals surface area contributed by atoms with Crippen molar-refractivity contribution >= 4 is 22.1 Å². The average molecular weight is 344 g/mol. The lowest BCUT2D eigenvalue weighted by molar-refractivity contribution is 0.636. The smallest absolute Gasteiger partial charge is 0.269 e. The molecule has 0 spiro atoms. The highest BCUT2D eigenvalue weighted by molar-refractivity contribution is 5.88. The Morgan fingerprint density at radius 2 is 1.85 bits per heavy atom. The van der Waals surface area contributed by atoms with Crippen molar-refractivity contribution in [2.24, 2.45) is 0 Å². The number of benzene rings is 2. The van der Waals surface area contributed by atoms with Gasteiger partial charge in [-0.25, -0.2) is 0 Å². The van der Waals surface area contributed by atoms with Gasteiger partial charge in [-0.15, -0.1) is 6.58 Å². The number of aromatic nitrogens is 2. The van der Waals surface area contributed by atoms with E-state index in [-0.39, 0.29) is 23.1 Å². The van der Waals surface area contributed by atoms with Crippen molar-refractivity contribution in [2.45, 2.75) is 13.5 Å². The molecular formula is C21H16N2O3. The molecule has 0 aliphatic heterocycles. The zero-order valence-corrected chi connectivity index (χ0v) is 14.2. The predicted molar refractivity (Wildman–Crippen MR) is 102 cm³/mol. The van der Waals surface area contributed by atoms with Crippen LogP contribution in [0.3, 0.4) is 0 Å². The fraction of sp³-hybridized carbons (Fsp3) is 0.0952. The van der Waals surface area contributed by atoms with Crippen molar-refractivity contribution in [3.05, 3.63) is 87.3 Å². The Kier molecular flexibility index (Phi) is 3.77. The SMILES string of the molecule is C=CCn1c(-c2ccccc2C)nc2oc3ccccc3c(=O)c2c1=O. The van der Waals surface area contributed by atoms with Crippen LogP contribution in [0.5, 0.6) is 0 Å². The molecule has 5 nitrogen and oxygen atoms in total. The summed E-state index contributed by atoms with van der Waals surface area (Å²) < 4.78 is 7.25. The first kappa shape index (κ1) is 16.0. The molecule has 0 amide bonds. The molecule has 4 rings (SSSR count). The van der Waals surface area contributed by atoms with Crippen LogP contribution in [0.15, 0.2) is 75.2 Å². The van der Waals surface area contributed by atoms with Crippen molar-refractivity contribution in [3.8, 4) is 11.4 Å². The summed E-state index contributed by atoms with van der Waals surface area (Å²) in [6.07, 6.45) is 1.61. The lowest BCUT2D eigenvalue weighted by Gasteiger charge is -2.13. The largest absolute Gasteiger partial charge is 0.437 e. The molecule has 4 aromatic rings. The quantitative estimate of drug-likeness (QED) is 0.420. The van der Waals surface area contributed by atoms with Gasteiger partial charge < -0.3 is 4.42 Å². The minimum absolute atomic E-state index is 0.0390. The summed E-state index contributed by atoms with van der Waals surface area (Å²) in [6.45, 7) is 5.91. The van der Waals surface area contributed by atoms with Crippen LogP contribution >= 0.6 is 0 Å². The maximum atomic E-state index is 13.1. The van der Waals surface area contributed by atoms with Gasteiger partial charge in [0.1, 0.15) is 11.4 Å². The normalized spacial score (nSPS) is 11.1. The summed E-state index contributed by atoms with van der Waals surface area (Å²) in [4.78, 5) is 30.5. The molecule has 0 saturated heterocycles. The molecule has 5 heteroatoms. The Labute approximate surface area is 148 Å². The molecule has 0 bridgehead atoms. The van der Waals surface area contributed by atoms with Crippen molar-refractivity contribution in [3.63, 3.8) is 0 Å². The molecule has 0 aliphatic rings. The Morgan fingerprint density at radius 1 is 1.12 bits per heavy atom. The summed E-state index contributed by atoms with van der Waals surface area (Å²) >= 11 is 0. The standard InChI is InChI=1S/C21H16N2O3/c1-3-12-23-19(14-9-5-4-8-13(14)2)22-20-17(21(23)25)18(24)15-10-6-7-11-16(15)26-20/h3-11H,1,12H2,2H3. The van der Waals surface area contributed by atoms with E-state index in [0.29, 0.717) is 16.8 Å². The fourth-order valence-electron chi connectivity index (χ4n) is 3.11. The monoisotopic (exact) mass is 344 g/mol. The lowest BCUT2D eigenvalue weighted by Crippen LogP contribution is -2.27. The first-order valence-electron chi connectivity index (χ1n) is 8.25. The molecule has 2 heterocycles. The first-order chi connectivity index (χ1) is 12.6. The predicted octanol–water partition coefficient (Wildman–Crippen LogP) is 3.66. The second-order valence-corrected chi connectivity index (χ2v) is 6.06. The number of rotatable bonds is 3. The minimum Gasteiger partial charge on any atom is -0.437 e. The summed E-state index contributed by atoms with van der Waals surface area (Å²) in [5, 5.41) is 0.329. The second kappa shape index (κ2) is 6.11. The van der Waals surface area contributed by atoms with E-state index in [1.54, 1.807) is 30.3 Å². The van der Waals surface area contributed by atoms with E-state index in [2.05, 4.69) is 11.6 Å². The van der Waals surface area contributed by atoms with Gasteiger partial charge in [0.25, 0.3) is 5.56 Å². The van der Waals surface area contributed by atoms with E-state index in [4.69, 9.17) is 4.42 Å². The van der Waals surface area contributed by atoms with Crippen LogP contribution in [0.1, 0.15) is 5.56 Å². The maximum Gasteiger partial charge on any atom is 0.269 e. The zero-order chi connectivity index (χ0) is 18.3. The Morgan fingerprint density at radius 3 is 2.62 bits per heavy atom. The molecule has 0 saturated carbocycles. The van der Waals surface area contributed by atoms with E-state index in [9.17, 15) is 9.59 Å². The fourth-order valence-corrected chi connectivity index (χ4v) is 3.11. The second-order valence-electron chi connectivity index (χ2n) is 6.06. The van der Waals surface area contributed by atoms with Crippen LogP contribution in [0.25, 0.3) is 33.5 Å². The molecular weight excluding hydrogens is 328 g/mol. The van der Waals surface area contributed by atoms with Crippen LogP contribution < -0.4 is 11.0 Å². The number of fused-ring (bicyclic) bond motifs is 2. The first-order valence-corrected chi connectivity index (χ1v) is 8.25. The van der Waals surface area contributed by atoms with Crippen LogP contribution in [0.2, 0.25) is 0 Å². The van der Waals surface area contributed by atoms with Crippen LogP contribution in [-0.2, 0) is 6.54 Å². The van der Waals surface area contributed by atoms with Gasteiger partial charge >= 0.3 is 0 Å². The molecule has 0 unspecified atom stereocenters. The summed E-state index contributed by atoms with van der Waals surface area (Å²) in [6, 6.07) is 14.5. The molecule has 0 aliphatic carbocycles. The van der Waals surface area contributed by atoms with E-state index in [0.717, 1.165) is 11.1 Å². The Balaban J connectivity index is 2.20. The Bertz CT molecular complexity index is 1280. The molecule has 128 valence electrons. The van der Waals surface area contributed by atoms with Crippen molar-refractivity contribution in [2.75, 3.05) is 0 Å². The lowest BCUT2D eigenvalue weighted by atomic mass is 10.1. The van der Waals surface area contributed by atoms with Crippen molar-refractivity contribution < 1.29 is 4.42 Å². The summed E-state index contributed by atoms with van der Waals surface area (Å²) in [5.74, 6) is 0.457. The number of aryl methyl sites for hydroxylation is 1. The van der Waals surface area contributed by atoms with Gasteiger partial charge in [-0.1, -0.05) is 42.5 Å². The highest BCUT2D eigenvalue weighted by atomic mass is 16.3. The number of allylic oxidation sites excluding steroid dienone is 1. The highest BCUT2D eigenvalue weighted by Crippen LogP contribution is 2.23. The molecule has 26 heavy (non-hydrogen) atoms. The maximum absolute atomic E-state index is 13.1. The third-order valence-corrected chi connectivity index (χ3v) is 4.40. The van der Waals surface area contributed by atoms with E-state index in [1.165, 1.54) is 4.57 Å². The molecule has 0 fully saturated rings. The van der Waals surface area contributed by atoms with E-state index >= 15 is 0 Å².